The maximum atomic E-state index is 12.3. The number of nitrogens with zero attached hydrogens (tertiary/aromatic N) is 3. The van der Waals surface area contributed by atoms with Gasteiger partial charge in [-0.2, -0.15) is 0 Å². The summed E-state index contributed by atoms with van der Waals surface area (Å²) in [7, 11) is 0. The molecule has 0 bridgehead atoms. The van der Waals surface area contributed by atoms with Crippen molar-refractivity contribution in [2.75, 3.05) is 0 Å². The Labute approximate surface area is 142 Å². The lowest BCUT2D eigenvalue weighted by atomic mass is 10.1. The molecule has 0 atom stereocenters. The Balaban J connectivity index is 1.68. The zero-order valence-corrected chi connectivity index (χ0v) is 13.5. The summed E-state index contributed by atoms with van der Waals surface area (Å²) in [6.07, 6.45) is -0.0444. The summed E-state index contributed by atoms with van der Waals surface area (Å²) in [6, 6.07) is 13.2. The van der Waals surface area contributed by atoms with Crippen LogP contribution in [0.5, 0.6) is 5.75 Å². The third kappa shape index (κ3) is 3.77. The molecule has 1 heterocycles. The number of aromatic nitrogens is 3. The second-order valence-electron chi connectivity index (χ2n) is 5.44. The Kier molecular flexibility index (Phi) is 4.65. The summed E-state index contributed by atoms with van der Waals surface area (Å²) in [5.74, 6) is -0.354. The molecule has 25 heavy (non-hydrogen) atoms. The van der Waals surface area contributed by atoms with Crippen molar-refractivity contribution < 1.29 is 14.3 Å². The van der Waals surface area contributed by atoms with Crippen LogP contribution in [0, 0.1) is 0 Å². The van der Waals surface area contributed by atoms with Gasteiger partial charge in [-0.05, 0) is 31.2 Å². The number of carbonyl (C=O) groups is 2. The standard InChI is InChI=1S/C18H15N3O4/c1-12(22)13-5-4-6-14(11-13)25-17(23)9-10-21-18(24)15-7-2-3-8-16(15)19-20-21/h2-8,11H,9-10H2,1H3. The highest BCUT2D eigenvalue weighted by Crippen LogP contribution is 2.14. The number of carbonyl (C=O) groups excluding carboxylic acids is 2. The van der Waals surface area contributed by atoms with Gasteiger partial charge >= 0.3 is 5.97 Å². The minimum Gasteiger partial charge on any atom is -0.426 e. The molecule has 0 radical (unpaired) electrons. The Morgan fingerprint density at radius 3 is 2.72 bits per heavy atom. The number of rotatable bonds is 5. The number of fused-ring (bicyclic) bond motifs is 1. The van der Waals surface area contributed by atoms with E-state index in [1.165, 1.54) is 13.0 Å². The molecule has 1 aromatic heterocycles. The van der Waals surface area contributed by atoms with E-state index in [2.05, 4.69) is 10.3 Å². The van der Waals surface area contributed by atoms with E-state index < -0.39 is 5.97 Å². The smallest absolute Gasteiger partial charge is 0.313 e. The molecule has 2 aromatic carbocycles. The molecule has 3 rings (SSSR count). The van der Waals surface area contributed by atoms with Gasteiger partial charge in [-0.1, -0.05) is 29.5 Å². The molecule has 0 N–H and O–H groups in total. The van der Waals surface area contributed by atoms with E-state index in [0.29, 0.717) is 16.5 Å². The second kappa shape index (κ2) is 7.04. The molecule has 0 spiro atoms. The van der Waals surface area contributed by atoms with Crippen LogP contribution in [-0.4, -0.2) is 26.7 Å². The first-order chi connectivity index (χ1) is 12.0. The lowest BCUT2D eigenvalue weighted by Crippen LogP contribution is -2.26. The lowest BCUT2D eigenvalue weighted by molar-refractivity contribution is -0.134. The van der Waals surface area contributed by atoms with Crippen molar-refractivity contribution in [3.05, 3.63) is 64.4 Å². The van der Waals surface area contributed by atoms with E-state index in [9.17, 15) is 14.4 Å². The molecule has 0 unspecified atom stereocenters. The Morgan fingerprint density at radius 1 is 1.12 bits per heavy atom. The minimum absolute atomic E-state index is 0.0444. The average molecular weight is 337 g/mol. The van der Waals surface area contributed by atoms with Crippen LogP contribution in [0.15, 0.2) is 53.3 Å². The molecular weight excluding hydrogens is 322 g/mol. The summed E-state index contributed by atoms with van der Waals surface area (Å²) in [4.78, 5) is 35.6. The maximum Gasteiger partial charge on any atom is 0.313 e. The van der Waals surface area contributed by atoms with Gasteiger partial charge in [0.15, 0.2) is 5.78 Å². The summed E-state index contributed by atoms with van der Waals surface area (Å²) in [5.41, 5.74) is 0.659. The number of hydrogen-bond donors (Lipinski definition) is 0. The molecule has 7 nitrogen and oxygen atoms in total. The molecule has 0 aliphatic rings. The second-order valence-corrected chi connectivity index (χ2v) is 5.44. The van der Waals surface area contributed by atoms with E-state index in [0.717, 1.165) is 4.68 Å². The van der Waals surface area contributed by atoms with Crippen LogP contribution in [0.4, 0.5) is 0 Å². The fourth-order valence-corrected chi connectivity index (χ4v) is 2.33. The quantitative estimate of drug-likeness (QED) is 0.402. The molecule has 0 amide bonds. The van der Waals surface area contributed by atoms with Gasteiger partial charge in [-0.25, -0.2) is 4.68 Å². The molecule has 126 valence electrons. The van der Waals surface area contributed by atoms with Gasteiger partial charge in [-0.3, -0.25) is 14.4 Å². The summed E-state index contributed by atoms with van der Waals surface area (Å²) < 4.78 is 6.33. The Hall–Kier alpha value is -3.35. The average Bonchev–Trinajstić information content (AvgIpc) is 2.61. The summed E-state index contributed by atoms with van der Waals surface area (Å²) in [6.45, 7) is 1.49. The first-order valence-corrected chi connectivity index (χ1v) is 7.69. The first kappa shape index (κ1) is 16.5. The number of Topliss-reactive ketones (excluding diaryl/α,β-unsaturated/α-hetero) is 1. The van der Waals surface area contributed by atoms with Crippen molar-refractivity contribution in [2.45, 2.75) is 19.9 Å². The monoisotopic (exact) mass is 337 g/mol. The molecule has 0 saturated carbocycles. The fraction of sp³-hybridized carbons (Fsp3) is 0.167. The van der Waals surface area contributed by atoms with Crippen LogP contribution < -0.4 is 10.3 Å². The van der Waals surface area contributed by atoms with Gasteiger partial charge in [0.25, 0.3) is 5.56 Å². The predicted octanol–water partition coefficient (Wildman–Crippen LogP) is 1.99. The molecule has 7 heteroatoms. The van der Waals surface area contributed by atoms with Crippen molar-refractivity contribution in [3.8, 4) is 5.75 Å². The number of benzene rings is 2. The summed E-state index contributed by atoms with van der Waals surface area (Å²) >= 11 is 0. The fourth-order valence-electron chi connectivity index (χ4n) is 2.33. The van der Waals surface area contributed by atoms with Gasteiger partial charge in [-0.15, -0.1) is 5.10 Å². The topological polar surface area (TPSA) is 91.2 Å². The number of ether oxygens (including phenoxy) is 1. The number of ketones is 1. The number of esters is 1. The third-order valence-corrected chi connectivity index (χ3v) is 3.63. The van der Waals surface area contributed by atoms with Crippen LogP contribution >= 0.6 is 0 Å². The Bertz CT molecular complexity index is 1010. The highest BCUT2D eigenvalue weighted by atomic mass is 16.5. The van der Waals surface area contributed by atoms with Gasteiger partial charge < -0.3 is 4.74 Å². The van der Waals surface area contributed by atoms with E-state index in [1.807, 2.05) is 0 Å². The first-order valence-electron chi connectivity index (χ1n) is 7.69. The predicted molar refractivity (Wildman–Crippen MR) is 90.5 cm³/mol. The van der Waals surface area contributed by atoms with Gasteiger partial charge in [0.2, 0.25) is 0 Å². The zero-order valence-electron chi connectivity index (χ0n) is 13.5. The Morgan fingerprint density at radius 2 is 1.92 bits per heavy atom. The molecular formula is C18H15N3O4. The van der Waals surface area contributed by atoms with E-state index in [-0.39, 0.29) is 30.1 Å². The number of aryl methyl sites for hydroxylation is 1. The molecule has 0 aliphatic carbocycles. The van der Waals surface area contributed by atoms with Crippen LogP contribution in [0.1, 0.15) is 23.7 Å². The highest BCUT2D eigenvalue weighted by Gasteiger charge is 2.10. The van der Waals surface area contributed by atoms with Crippen molar-refractivity contribution in [1.29, 1.82) is 0 Å². The van der Waals surface area contributed by atoms with Gasteiger partial charge in [0.1, 0.15) is 11.3 Å². The third-order valence-electron chi connectivity index (χ3n) is 3.63. The zero-order chi connectivity index (χ0) is 17.8. The van der Waals surface area contributed by atoms with E-state index in [4.69, 9.17) is 4.74 Å². The van der Waals surface area contributed by atoms with Crippen molar-refractivity contribution >= 4 is 22.7 Å². The minimum atomic E-state index is -0.525. The van der Waals surface area contributed by atoms with Crippen LogP contribution in [0.25, 0.3) is 10.9 Å². The SMILES string of the molecule is CC(=O)c1cccc(OC(=O)CCn2nnc3ccccc3c2=O)c1. The largest absolute Gasteiger partial charge is 0.426 e. The number of hydrogen-bond acceptors (Lipinski definition) is 6. The molecule has 0 aliphatic heterocycles. The van der Waals surface area contributed by atoms with Crippen LogP contribution in [-0.2, 0) is 11.3 Å². The van der Waals surface area contributed by atoms with Gasteiger partial charge in [0.05, 0.1) is 18.4 Å². The molecule has 0 fully saturated rings. The maximum absolute atomic E-state index is 12.3. The molecule has 0 saturated heterocycles. The molecule has 3 aromatic rings. The van der Waals surface area contributed by atoms with Crippen LogP contribution in [0.3, 0.4) is 0 Å². The normalized spacial score (nSPS) is 10.6. The van der Waals surface area contributed by atoms with Crippen molar-refractivity contribution in [3.63, 3.8) is 0 Å². The van der Waals surface area contributed by atoms with Crippen molar-refractivity contribution in [2.24, 2.45) is 0 Å². The van der Waals surface area contributed by atoms with E-state index in [1.54, 1.807) is 42.5 Å². The lowest BCUT2D eigenvalue weighted by Gasteiger charge is -2.06. The summed E-state index contributed by atoms with van der Waals surface area (Å²) in [5, 5.41) is 8.23. The highest BCUT2D eigenvalue weighted by molar-refractivity contribution is 5.94. The van der Waals surface area contributed by atoms with E-state index >= 15 is 0 Å². The van der Waals surface area contributed by atoms with Gasteiger partial charge in [0, 0.05) is 5.56 Å². The van der Waals surface area contributed by atoms with Crippen molar-refractivity contribution in [1.82, 2.24) is 15.0 Å². The van der Waals surface area contributed by atoms with Crippen LogP contribution in [0.2, 0.25) is 0 Å².